The van der Waals surface area contributed by atoms with E-state index in [-0.39, 0.29) is 47.1 Å². The summed E-state index contributed by atoms with van der Waals surface area (Å²) in [6.07, 6.45) is 0.0137. The fourth-order valence-electron chi connectivity index (χ4n) is 8.53. The summed E-state index contributed by atoms with van der Waals surface area (Å²) in [4.78, 5) is 0. The molecule has 1 aliphatic carbocycles. The Kier molecular flexibility index (Phi) is 4.52. The molecule has 1 aliphatic rings. The Labute approximate surface area is 307 Å². The van der Waals surface area contributed by atoms with Gasteiger partial charge in [0, 0.05) is 5.41 Å². The first-order valence-corrected chi connectivity index (χ1v) is 16.9. The van der Waals surface area contributed by atoms with Crippen LogP contribution in [-0.4, -0.2) is 0 Å². The van der Waals surface area contributed by atoms with Gasteiger partial charge < -0.3 is 0 Å². The molecule has 0 radical (unpaired) electrons. The summed E-state index contributed by atoms with van der Waals surface area (Å²) in [5.41, 5.74) is 8.07. The van der Waals surface area contributed by atoms with Gasteiger partial charge in [-0.15, -0.1) is 0 Å². The molecule has 0 aromatic heterocycles. The van der Waals surface area contributed by atoms with Crippen molar-refractivity contribution < 1.29 is 13.7 Å². The van der Waals surface area contributed by atoms with E-state index in [4.69, 9.17) is 13.7 Å². The first-order valence-electron chi connectivity index (χ1n) is 21.9. The van der Waals surface area contributed by atoms with Crippen LogP contribution in [0.2, 0.25) is 0 Å². The molecule has 0 fully saturated rings. The Bertz CT molecular complexity index is 3330. The molecule has 0 nitrogen and oxygen atoms in total. The summed E-state index contributed by atoms with van der Waals surface area (Å²) < 4.78 is 86.3. The zero-order chi connectivity index (χ0) is 42.1. The van der Waals surface area contributed by atoms with Crippen molar-refractivity contribution in [3.8, 4) is 33.4 Å². The van der Waals surface area contributed by atoms with Gasteiger partial charge in [0.25, 0.3) is 0 Å². The van der Waals surface area contributed by atoms with Crippen molar-refractivity contribution in [3.05, 3.63) is 192 Å². The van der Waals surface area contributed by atoms with Gasteiger partial charge in [0.05, 0.1) is 13.7 Å². The largest absolute Gasteiger partial charge is 0.0629 e. The van der Waals surface area contributed by atoms with Gasteiger partial charge in [0.1, 0.15) is 0 Å². The second-order valence-corrected chi connectivity index (χ2v) is 13.6. The van der Waals surface area contributed by atoms with Gasteiger partial charge in [0.15, 0.2) is 0 Å². The van der Waals surface area contributed by atoms with E-state index < -0.39 is 36.3 Å². The molecule has 0 saturated heterocycles. The van der Waals surface area contributed by atoms with Crippen molar-refractivity contribution in [2.24, 2.45) is 0 Å². The van der Waals surface area contributed by atoms with E-state index in [1.807, 2.05) is 42.5 Å². The molecule has 9 aromatic rings. The molecule has 0 amide bonds. The topological polar surface area (TPSA) is 0 Å². The smallest absolute Gasteiger partial charge is 0.0622 e. The predicted molar refractivity (Wildman–Crippen MR) is 214 cm³/mol. The summed E-state index contributed by atoms with van der Waals surface area (Å²) >= 11 is 0. The molecule has 236 valence electrons. The average molecular weight is 647 g/mol. The second kappa shape index (κ2) is 11.0. The monoisotopic (exact) mass is 646 g/mol. The molecule has 0 heteroatoms. The van der Waals surface area contributed by atoms with E-state index >= 15 is 0 Å². The minimum atomic E-state index is -0.468. The van der Waals surface area contributed by atoms with E-state index in [0.717, 1.165) is 49.0 Å². The van der Waals surface area contributed by atoms with Gasteiger partial charge >= 0.3 is 0 Å². The van der Waals surface area contributed by atoms with Crippen LogP contribution in [0.1, 0.15) is 49.8 Å². The predicted octanol–water partition coefficient (Wildman–Crippen LogP) is 13.5. The third-order valence-electron chi connectivity index (χ3n) is 10.7. The Hall–Kier alpha value is -5.98. The maximum atomic E-state index is 8.96. The molecule has 10 rings (SSSR count). The number of rotatable bonds is 4. The van der Waals surface area contributed by atoms with E-state index in [9.17, 15) is 0 Å². The van der Waals surface area contributed by atoms with Crippen LogP contribution in [0.25, 0.3) is 76.5 Å². The summed E-state index contributed by atoms with van der Waals surface area (Å²) in [5, 5.41) is 7.11. The lowest BCUT2D eigenvalue weighted by molar-refractivity contribution is 0.645. The number of hydrogen-bond donors (Lipinski definition) is 0. The maximum Gasteiger partial charge on any atom is 0.0629 e. The minimum absolute atomic E-state index is 0.0137. The van der Waals surface area contributed by atoms with E-state index in [1.54, 1.807) is 6.07 Å². The number of benzene rings is 9. The highest BCUT2D eigenvalue weighted by atomic mass is 14.4. The summed E-state index contributed by atoms with van der Waals surface area (Å²) in [6, 6.07) is 33.4. The quantitative estimate of drug-likeness (QED) is 0.132. The standard InChI is InChI=1S/C50H36/c1-50(2)45-26-12-11-20-37(45)40-24-14-25-41-42(29-30-46(50)49(40)41)47-38-21-10-9-19-35(38)44(31-32-15-5-3-6-16-32)48-39-23-13-22-34(33-17-7-4-8-18-33)36(39)27-28-43(47)48/h3-30H,31H2,1-2H3/i3D,4D,5D,6D,7D,8D,15D,16D,17D,18D. The lowest BCUT2D eigenvalue weighted by Crippen LogP contribution is -2.23. The Morgan fingerprint density at radius 2 is 1.08 bits per heavy atom. The van der Waals surface area contributed by atoms with Crippen LogP contribution in [0.3, 0.4) is 0 Å². The van der Waals surface area contributed by atoms with Crippen molar-refractivity contribution >= 4 is 43.1 Å². The second-order valence-electron chi connectivity index (χ2n) is 13.6. The van der Waals surface area contributed by atoms with Crippen molar-refractivity contribution in [1.29, 1.82) is 0 Å². The molecule has 9 aromatic carbocycles. The van der Waals surface area contributed by atoms with E-state index in [2.05, 4.69) is 74.5 Å². The summed E-state index contributed by atoms with van der Waals surface area (Å²) in [5.74, 6) is 0. The molecular weight excluding hydrogens is 601 g/mol. The zero-order valence-electron chi connectivity index (χ0n) is 37.6. The normalized spacial score (nSPS) is 16.0. The molecule has 0 unspecified atom stereocenters. The van der Waals surface area contributed by atoms with Crippen molar-refractivity contribution in [3.63, 3.8) is 0 Å². The molecule has 50 heavy (non-hydrogen) atoms. The zero-order valence-corrected chi connectivity index (χ0v) is 27.6. The summed E-state index contributed by atoms with van der Waals surface area (Å²) in [6.45, 7) is 4.54. The molecule has 0 spiro atoms. The fourth-order valence-corrected chi connectivity index (χ4v) is 8.53. The fraction of sp³-hybridized carbons (Fsp3) is 0.0800. The van der Waals surface area contributed by atoms with Crippen LogP contribution in [0.15, 0.2) is 170 Å². The molecule has 0 atom stereocenters. The van der Waals surface area contributed by atoms with E-state index in [1.165, 1.54) is 27.6 Å². The number of hydrogen-bond acceptors (Lipinski definition) is 0. The molecule has 0 bridgehead atoms. The van der Waals surface area contributed by atoms with Crippen LogP contribution >= 0.6 is 0 Å². The van der Waals surface area contributed by atoms with Crippen LogP contribution in [0.4, 0.5) is 0 Å². The molecule has 0 N–H and O–H groups in total. The first-order chi connectivity index (χ1) is 28.7. The Balaban J connectivity index is 1.38. The highest BCUT2D eigenvalue weighted by Crippen LogP contribution is 2.52. The molecule has 0 heterocycles. The van der Waals surface area contributed by atoms with E-state index in [0.29, 0.717) is 10.9 Å². The molecule has 0 saturated carbocycles. The van der Waals surface area contributed by atoms with Crippen LogP contribution in [0, 0.1) is 0 Å². The van der Waals surface area contributed by atoms with Crippen LogP contribution < -0.4 is 0 Å². The van der Waals surface area contributed by atoms with Gasteiger partial charge in [-0.25, -0.2) is 0 Å². The Morgan fingerprint density at radius 3 is 1.90 bits per heavy atom. The highest BCUT2D eigenvalue weighted by molar-refractivity contribution is 6.26. The third-order valence-corrected chi connectivity index (χ3v) is 10.7. The van der Waals surface area contributed by atoms with Crippen molar-refractivity contribution in [1.82, 2.24) is 0 Å². The minimum Gasteiger partial charge on any atom is -0.0622 e. The lowest BCUT2D eigenvalue weighted by atomic mass is 9.68. The first kappa shape index (κ1) is 20.5. The lowest BCUT2D eigenvalue weighted by Gasteiger charge is -2.35. The highest BCUT2D eigenvalue weighted by Gasteiger charge is 2.34. The van der Waals surface area contributed by atoms with Gasteiger partial charge in [-0.2, -0.15) is 0 Å². The number of fused-ring (bicyclic) bond motifs is 6. The molecule has 0 aliphatic heterocycles. The Morgan fingerprint density at radius 1 is 0.440 bits per heavy atom. The van der Waals surface area contributed by atoms with Gasteiger partial charge in [-0.3, -0.25) is 0 Å². The van der Waals surface area contributed by atoms with Crippen LogP contribution in [0.5, 0.6) is 0 Å². The maximum absolute atomic E-state index is 8.96. The SMILES string of the molecule is [2H]c1c([2H])c([2H])c(Cc2c3ccccc3c(-c3ccc4c5c(cccc35)-c3ccccc3C4(C)C)c3ccc4c(-c5c([2H])c([2H])c([2H])c([2H])c5[2H])cccc4c23)c([2H])c1[2H]. The van der Waals surface area contributed by atoms with Crippen molar-refractivity contribution in [2.45, 2.75) is 25.7 Å². The van der Waals surface area contributed by atoms with Crippen molar-refractivity contribution in [2.75, 3.05) is 0 Å². The van der Waals surface area contributed by atoms with Gasteiger partial charge in [-0.05, 0) is 105 Å². The third kappa shape index (κ3) is 4.18. The molecular formula is C50H36. The summed E-state index contributed by atoms with van der Waals surface area (Å²) in [7, 11) is 0. The average Bonchev–Trinajstić information content (AvgIpc) is 3.26. The van der Waals surface area contributed by atoms with Gasteiger partial charge in [0.2, 0.25) is 0 Å². The van der Waals surface area contributed by atoms with Crippen LogP contribution in [-0.2, 0) is 11.8 Å². The van der Waals surface area contributed by atoms with Gasteiger partial charge in [-0.1, -0.05) is 183 Å².